The zero-order chi connectivity index (χ0) is 26.1. The molecular formula is C24H20ClFN8O3. The summed E-state index contributed by atoms with van der Waals surface area (Å²) in [6, 6.07) is 9.06. The third kappa shape index (κ3) is 4.83. The first kappa shape index (κ1) is 24.3. The molecule has 11 nitrogen and oxygen atoms in total. The standard InChI is InChI=1S/C24H20ClFN8O3/c25-22-17(2-1-6-28-22)31-24(37)19-9-15(26)11-33(19)20(35)12-34-18-4-3-13(14-5-7-29-30-10-14)8-16(18)21(32-34)23(27)36/h1-8,10,15,19H,9,11-12H2,(H2,27,36)(H,31,37)/t15-,19+/m1/s1. The van der Waals surface area contributed by atoms with Crippen LogP contribution in [0.3, 0.4) is 0 Å². The highest BCUT2D eigenvalue weighted by atomic mass is 35.5. The minimum atomic E-state index is -1.38. The number of primary amides is 1. The third-order valence-corrected chi connectivity index (χ3v) is 6.38. The van der Waals surface area contributed by atoms with E-state index in [-0.39, 0.29) is 36.0 Å². The highest BCUT2D eigenvalue weighted by Gasteiger charge is 2.40. The van der Waals surface area contributed by atoms with Crippen molar-refractivity contribution in [1.29, 1.82) is 0 Å². The van der Waals surface area contributed by atoms with Crippen molar-refractivity contribution in [2.75, 3.05) is 11.9 Å². The predicted octanol–water partition coefficient (Wildman–Crippen LogP) is 2.22. The van der Waals surface area contributed by atoms with Gasteiger partial charge in [0.2, 0.25) is 11.8 Å². The number of amides is 3. The summed E-state index contributed by atoms with van der Waals surface area (Å²) in [5.74, 6) is -1.89. The van der Waals surface area contributed by atoms with Gasteiger partial charge in [-0.3, -0.25) is 19.1 Å². The van der Waals surface area contributed by atoms with E-state index < -0.39 is 29.9 Å². The predicted molar refractivity (Wildman–Crippen MR) is 132 cm³/mol. The van der Waals surface area contributed by atoms with E-state index in [1.165, 1.54) is 15.8 Å². The Morgan fingerprint density at radius 2 is 1.97 bits per heavy atom. The maximum absolute atomic E-state index is 14.4. The Morgan fingerprint density at radius 1 is 1.14 bits per heavy atom. The van der Waals surface area contributed by atoms with Gasteiger partial charge >= 0.3 is 0 Å². The lowest BCUT2D eigenvalue weighted by Crippen LogP contribution is -2.44. The van der Waals surface area contributed by atoms with Crippen LogP contribution in [0.25, 0.3) is 22.0 Å². The summed E-state index contributed by atoms with van der Waals surface area (Å²) in [6.07, 6.45) is 3.04. The Hall–Kier alpha value is -4.45. The number of nitrogens with zero attached hydrogens (tertiary/aromatic N) is 6. The smallest absolute Gasteiger partial charge is 0.269 e. The molecule has 3 aromatic heterocycles. The maximum atomic E-state index is 14.4. The molecule has 0 bridgehead atoms. The van der Waals surface area contributed by atoms with Crippen molar-refractivity contribution in [3.05, 3.63) is 65.8 Å². The molecular weight excluding hydrogens is 503 g/mol. The number of likely N-dealkylation sites (tertiary alicyclic amines) is 1. The van der Waals surface area contributed by atoms with Crippen LogP contribution < -0.4 is 11.1 Å². The van der Waals surface area contributed by atoms with Gasteiger partial charge < -0.3 is 16.0 Å². The number of hydrogen-bond donors (Lipinski definition) is 2. The Labute approximate surface area is 214 Å². The molecule has 2 atom stereocenters. The number of benzene rings is 1. The Balaban J connectivity index is 1.41. The van der Waals surface area contributed by atoms with Crippen molar-refractivity contribution in [2.45, 2.75) is 25.2 Å². The van der Waals surface area contributed by atoms with E-state index in [0.717, 1.165) is 11.1 Å². The number of hydrogen-bond acceptors (Lipinski definition) is 7. The van der Waals surface area contributed by atoms with Crippen LogP contribution in [0.5, 0.6) is 0 Å². The summed E-state index contributed by atoms with van der Waals surface area (Å²) in [4.78, 5) is 43.3. The van der Waals surface area contributed by atoms with E-state index >= 15 is 0 Å². The molecule has 13 heteroatoms. The normalized spacial score (nSPS) is 17.2. The second-order valence-electron chi connectivity index (χ2n) is 8.46. The Kier molecular flexibility index (Phi) is 6.49. The van der Waals surface area contributed by atoms with Crippen molar-refractivity contribution in [3.8, 4) is 11.1 Å². The molecule has 0 aliphatic carbocycles. The van der Waals surface area contributed by atoms with Crippen molar-refractivity contribution in [2.24, 2.45) is 5.73 Å². The number of rotatable bonds is 6. The summed E-state index contributed by atoms with van der Waals surface area (Å²) < 4.78 is 15.7. The van der Waals surface area contributed by atoms with Crippen LogP contribution in [0.2, 0.25) is 5.15 Å². The van der Waals surface area contributed by atoms with Crippen LogP contribution in [0.1, 0.15) is 16.9 Å². The molecule has 0 unspecified atom stereocenters. The topological polar surface area (TPSA) is 149 Å². The summed E-state index contributed by atoms with van der Waals surface area (Å²) in [6.45, 7) is -0.581. The number of nitrogens with two attached hydrogens (primary N) is 1. The third-order valence-electron chi connectivity index (χ3n) is 6.08. The SMILES string of the molecule is NC(=O)c1nn(CC(=O)N2C[C@H](F)C[C@H]2C(=O)Nc2cccnc2Cl)c2ccc(-c3ccnnc3)cc12. The van der Waals surface area contributed by atoms with Gasteiger partial charge in [0.25, 0.3) is 5.91 Å². The zero-order valence-corrected chi connectivity index (χ0v) is 20.0. The van der Waals surface area contributed by atoms with Gasteiger partial charge in [-0.2, -0.15) is 15.3 Å². The lowest BCUT2D eigenvalue weighted by Gasteiger charge is -2.23. The van der Waals surface area contributed by atoms with Crippen molar-refractivity contribution < 1.29 is 18.8 Å². The molecule has 1 fully saturated rings. The monoisotopic (exact) mass is 522 g/mol. The first-order chi connectivity index (χ1) is 17.8. The van der Waals surface area contributed by atoms with Gasteiger partial charge in [-0.1, -0.05) is 17.7 Å². The number of fused-ring (bicyclic) bond motifs is 1. The number of carbonyl (C=O) groups excluding carboxylic acids is 3. The van der Waals surface area contributed by atoms with Crippen LogP contribution in [0.15, 0.2) is 55.0 Å². The summed E-state index contributed by atoms with van der Waals surface area (Å²) >= 11 is 6.01. The molecule has 5 rings (SSSR count). The highest BCUT2D eigenvalue weighted by molar-refractivity contribution is 6.32. The zero-order valence-electron chi connectivity index (χ0n) is 19.2. The summed E-state index contributed by atoms with van der Waals surface area (Å²) in [7, 11) is 0. The first-order valence-corrected chi connectivity index (χ1v) is 11.6. The number of nitrogens with one attached hydrogen (secondary N) is 1. The molecule has 188 valence electrons. The molecule has 0 spiro atoms. The summed E-state index contributed by atoms with van der Waals surface area (Å²) in [5.41, 5.74) is 7.79. The minimum absolute atomic E-state index is 0.0167. The van der Waals surface area contributed by atoms with Crippen LogP contribution >= 0.6 is 11.6 Å². The van der Waals surface area contributed by atoms with E-state index in [1.807, 2.05) is 0 Å². The van der Waals surface area contributed by atoms with Gasteiger partial charge in [-0.25, -0.2) is 9.37 Å². The number of halogens is 2. The first-order valence-electron chi connectivity index (χ1n) is 11.2. The Morgan fingerprint density at radius 3 is 2.70 bits per heavy atom. The van der Waals surface area contributed by atoms with E-state index in [1.54, 1.807) is 48.8 Å². The van der Waals surface area contributed by atoms with Crippen molar-refractivity contribution >= 4 is 45.9 Å². The van der Waals surface area contributed by atoms with Gasteiger partial charge in [0.1, 0.15) is 18.8 Å². The van der Waals surface area contributed by atoms with Gasteiger partial charge in [-0.15, -0.1) is 0 Å². The van der Waals surface area contributed by atoms with E-state index in [0.29, 0.717) is 10.9 Å². The minimum Gasteiger partial charge on any atom is -0.364 e. The molecule has 3 N–H and O–H groups in total. The molecule has 1 aliphatic rings. The van der Waals surface area contributed by atoms with Gasteiger partial charge in [0, 0.05) is 23.6 Å². The molecule has 1 aliphatic heterocycles. The quantitative estimate of drug-likeness (QED) is 0.369. The molecule has 1 aromatic carbocycles. The van der Waals surface area contributed by atoms with Gasteiger partial charge in [0.15, 0.2) is 10.8 Å². The number of alkyl halides is 1. The Bertz CT molecular complexity index is 1510. The fourth-order valence-electron chi connectivity index (χ4n) is 4.35. The highest BCUT2D eigenvalue weighted by Crippen LogP contribution is 2.28. The second kappa shape index (κ2) is 9.90. The van der Waals surface area contributed by atoms with Gasteiger partial charge in [0.05, 0.1) is 30.1 Å². The van der Waals surface area contributed by atoms with Gasteiger partial charge in [-0.05, 0) is 35.9 Å². The largest absolute Gasteiger partial charge is 0.364 e. The average molecular weight is 523 g/mol. The molecule has 4 heterocycles. The fourth-order valence-corrected chi connectivity index (χ4v) is 4.51. The molecule has 0 radical (unpaired) electrons. The number of pyridine rings is 1. The second-order valence-corrected chi connectivity index (χ2v) is 8.82. The molecule has 1 saturated heterocycles. The van der Waals surface area contributed by atoms with Crippen molar-refractivity contribution in [3.63, 3.8) is 0 Å². The van der Waals surface area contributed by atoms with Crippen LogP contribution in [-0.4, -0.2) is 66.3 Å². The van der Waals surface area contributed by atoms with E-state index in [9.17, 15) is 18.8 Å². The molecule has 37 heavy (non-hydrogen) atoms. The summed E-state index contributed by atoms with van der Waals surface area (Å²) in [5, 5.41) is 15.0. The van der Waals surface area contributed by atoms with Crippen LogP contribution in [0, 0.1) is 0 Å². The maximum Gasteiger partial charge on any atom is 0.269 e. The van der Waals surface area contributed by atoms with Crippen molar-refractivity contribution in [1.82, 2.24) is 29.9 Å². The van der Waals surface area contributed by atoms with Crippen LogP contribution in [-0.2, 0) is 16.1 Å². The molecule has 3 amide bonds. The average Bonchev–Trinajstić information content (AvgIpc) is 3.46. The number of aromatic nitrogens is 5. The molecule has 4 aromatic rings. The van der Waals surface area contributed by atoms with E-state index in [4.69, 9.17) is 17.3 Å². The number of anilines is 1. The lowest BCUT2D eigenvalue weighted by atomic mass is 10.0. The van der Waals surface area contributed by atoms with Crippen LogP contribution in [0.4, 0.5) is 10.1 Å². The molecule has 0 saturated carbocycles. The van der Waals surface area contributed by atoms with E-state index in [2.05, 4.69) is 25.6 Å². The fraction of sp³-hybridized carbons (Fsp3) is 0.208. The lowest BCUT2D eigenvalue weighted by molar-refractivity contribution is -0.137. The number of carbonyl (C=O) groups is 3.